The highest BCUT2D eigenvalue weighted by Crippen LogP contribution is 2.24. The molecule has 5 heteroatoms. The van der Waals surface area contributed by atoms with Gasteiger partial charge in [-0.25, -0.2) is 8.42 Å². The van der Waals surface area contributed by atoms with Crippen molar-refractivity contribution in [2.45, 2.75) is 18.7 Å². The van der Waals surface area contributed by atoms with Gasteiger partial charge in [0.25, 0.3) is 10.0 Å². The highest BCUT2D eigenvalue weighted by molar-refractivity contribution is 7.92. The maximum absolute atomic E-state index is 12.6. The zero-order chi connectivity index (χ0) is 14.0. The lowest BCUT2D eigenvalue weighted by Gasteiger charge is -2.20. The van der Waals surface area contributed by atoms with Crippen molar-refractivity contribution < 1.29 is 8.42 Å². The van der Waals surface area contributed by atoms with Crippen molar-refractivity contribution in [1.82, 2.24) is 4.98 Å². The lowest BCUT2D eigenvalue weighted by atomic mass is 10.2. The van der Waals surface area contributed by atoms with Crippen LogP contribution in [0.1, 0.15) is 11.1 Å². The largest absolute Gasteiger partial charge is 0.268 e. The van der Waals surface area contributed by atoms with Crippen LogP contribution >= 0.6 is 0 Å². The van der Waals surface area contributed by atoms with Gasteiger partial charge in [0.2, 0.25) is 0 Å². The number of hydrogen-bond acceptors (Lipinski definition) is 3. The van der Waals surface area contributed by atoms with E-state index in [-0.39, 0.29) is 0 Å². The Bertz CT molecular complexity index is 682. The zero-order valence-corrected chi connectivity index (χ0v) is 12.0. The predicted octanol–water partition coefficient (Wildman–Crippen LogP) is 2.52. The summed E-state index contributed by atoms with van der Waals surface area (Å²) < 4.78 is 26.5. The van der Waals surface area contributed by atoms with E-state index in [0.717, 1.165) is 11.1 Å². The number of aromatic nitrogens is 1. The quantitative estimate of drug-likeness (QED) is 0.865. The number of rotatable bonds is 3. The molecule has 0 aliphatic rings. The normalized spacial score (nSPS) is 11.3. The average Bonchev–Trinajstić information content (AvgIpc) is 2.41. The van der Waals surface area contributed by atoms with Crippen LogP contribution in [0, 0.1) is 13.8 Å². The summed E-state index contributed by atoms with van der Waals surface area (Å²) in [5.74, 6) is 0. The summed E-state index contributed by atoms with van der Waals surface area (Å²) in [5, 5.41) is 0. The Labute approximate surface area is 113 Å². The van der Waals surface area contributed by atoms with Crippen LogP contribution < -0.4 is 4.31 Å². The van der Waals surface area contributed by atoms with Gasteiger partial charge < -0.3 is 0 Å². The van der Waals surface area contributed by atoms with Crippen LogP contribution in [0.5, 0.6) is 0 Å². The summed E-state index contributed by atoms with van der Waals surface area (Å²) in [7, 11) is -2.02. The third-order valence-corrected chi connectivity index (χ3v) is 4.92. The number of anilines is 1. The van der Waals surface area contributed by atoms with Gasteiger partial charge in [-0.1, -0.05) is 12.1 Å². The number of hydrogen-bond donors (Lipinski definition) is 0. The van der Waals surface area contributed by atoms with Crippen molar-refractivity contribution in [3.8, 4) is 0 Å². The molecule has 0 spiro atoms. The van der Waals surface area contributed by atoms with Crippen LogP contribution in [-0.4, -0.2) is 20.4 Å². The summed E-state index contributed by atoms with van der Waals surface area (Å²) in [6.07, 6.45) is 3.14. The second kappa shape index (κ2) is 5.01. The Morgan fingerprint density at radius 3 is 2.53 bits per heavy atom. The molecule has 0 fully saturated rings. The molecule has 0 saturated carbocycles. The number of pyridine rings is 1. The van der Waals surface area contributed by atoms with E-state index < -0.39 is 10.0 Å². The molecule has 0 saturated heterocycles. The van der Waals surface area contributed by atoms with Gasteiger partial charge in [-0.2, -0.15) is 0 Å². The molecule has 0 aliphatic heterocycles. The fraction of sp³-hybridized carbons (Fsp3) is 0.214. The lowest BCUT2D eigenvalue weighted by molar-refractivity contribution is 0.593. The maximum atomic E-state index is 12.6. The summed E-state index contributed by atoms with van der Waals surface area (Å²) in [5.41, 5.74) is 2.20. The molecule has 19 heavy (non-hydrogen) atoms. The molecule has 2 rings (SSSR count). The minimum Gasteiger partial charge on any atom is -0.268 e. The topological polar surface area (TPSA) is 50.3 Å². The van der Waals surface area contributed by atoms with Crippen molar-refractivity contribution in [3.05, 3.63) is 53.9 Å². The van der Waals surface area contributed by atoms with Gasteiger partial charge in [0.1, 0.15) is 0 Å². The van der Waals surface area contributed by atoms with Gasteiger partial charge in [-0.15, -0.1) is 0 Å². The molecule has 4 nitrogen and oxygen atoms in total. The van der Waals surface area contributed by atoms with Crippen LogP contribution in [0.3, 0.4) is 0 Å². The number of nitrogens with zero attached hydrogens (tertiary/aromatic N) is 2. The average molecular weight is 276 g/mol. The molecule has 1 aromatic heterocycles. The van der Waals surface area contributed by atoms with Crippen molar-refractivity contribution in [3.63, 3.8) is 0 Å². The summed E-state index contributed by atoms with van der Waals surface area (Å²) in [6.45, 7) is 3.67. The Morgan fingerprint density at radius 2 is 1.89 bits per heavy atom. The standard InChI is InChI=1S/C14H16N2O2S/c1-11-6-7-12(2)14(9-11)19(17,18)16(3)13-5-4-8-15-10-13/h4-10H,1-3H3. The Kier molecular flexibility index (Phi) is 3.57. The first-order chi connectivity index (χ1) is 8.93. The fourth-order valence-corrected chi connectivity index (χ4v) is 3.30. The van der Waals surface area contributed by atoms with Gasteiger partial charge in [0.05, 0.1) is 16.8 Å². The third-order valence-electron chi connectivity index (χ3n) is 2.99. The van der Waals surface area contributed by atoms with E-state index in [0.29, 0.717) is 10.6 Å². The minimum atomic E-state index is -3.55. The zero-order valence-electron chi connectivity index (χ0n) is 11.2. The van der Waals surface area contributed by atoms with Crippen LogP contribution in [0.4, 0.5) is 5.69 Å². The second-order valence-corrected chi connectivity index (χ2v) is 6.39. The first-order valence-corrected chi connectivity index (χ1v) is 7.33. The Hall–Kier alpha value is -1.88. The van der Waals surface area contributed by atoms with Gasteiger partial charge >= 0.3 is 0 Å². The van der Waals surface area contributed by atoms with Crippen molar-refractivity contribution in [2.24, 2.45) is 0 Å². The van der Waals surface area contributed by atoms with Crippen molar-refractivity contribution in [2.75, 3.05) is 11.4 Å². The molecule has 0 N–H and O–H groups in total. The summed E-state index contributed by atoms with van der Waals surface area (Å²) in [6, 6.07) is 8.84. The lowest BCUT2D eigenvalue weighted by Crippen LogP contribution is -2.27. The van der Waals surface area contributed by atoms with Gasteiger partial charge in [-0.3, -0.25) is 9.29 Å². The first kappa shape index (κ1) is 13.5. The fourth-order valence-electron chi connectivity index (χ4n) is 1.81. The predicted molar refractivity (Wildman–Crippen MR) is 75.7 cm³/mol. The van der Waals surface area contributed by atoms with Crippen molar-refractivity contribution >= 4 is 15.7 Å². The van der Waals surface area contributed by atoms with E-state index in [4.69, 9.17) is 0 Å². The molecule has 0 unspecified atom stereocenters. The Balaban J connectivity index is 2.51. The minimum absolute atomic E-state index is 0.332. The van der Waals surface area contributed by atoms with Crippen molar-refractivity contribution in [1.29, 1.82) is 0 Å². The molecule has 0 atom stereocenters. The third kappa shape index (κ3) is 2.61. The first-order valence-electron chi connectivity index (χ1n) is 5.89. The second-order valence-electron chi connectivity index (χ2n) is 4.45. The highest BCUT2D eigenvalue weighted by atomic mass is 32.2. The molecule has 1 aromatic carbocycles. The number of sulfonamides is 1. The van der Waals surface area contributed by atoms with Crippen LogP contribution in [0.2, 0.25) is 0 Å². The van der Waals surface area contributed by atoms with E-state index in [2.05, 4.69) is 4.98 Å². The molecule has 0 radical (unpaired) electrons. The van der Waals surface area contributed by atoms with E-state index >= 15 is 0 Å². The molecule has 100 valence electrons. The smallest absolute Gasteiger partial charge is 0.264 e. The summed E-state index contributed by atoms with van der Waals surface area (Å²) in [4.78, 5) is 4.28. The molecular weight excluding hydrogens is 260 g/mol. The van der Waals surface area contributed by atoms with Gasteiger partial charge in [0, 0.05) is 13.2 Å². The molecule has 0 aliphatic carbocycles. The molecule has 0 bridgehead atoms. The maximum Gasteiger partial charge on any atom is 0.264 e. The van der Waals surface area contributed by atoms with Crippen LogP contribution in [0.15, 0.2) is 47.6 Å². The molecular formula is C14H16N2O2S. The highest BCUT2D eigenvalue weighted by Gasteiger charge is 2.23. The molecule has 2 aromatic rings. The molecule has 0 amide bonds. The Morgan fingerprint density at radius 1 is 1.16 bits per heavy atom. The number of aryl methyl sites for hydroxylation is 2. The monoisotopic (exact) mass is 276 g/mol. The number of benzene rings is 1. The van der Waals surface area contributed by atoms with E-state index in [1.54, 1.807) is 31.3 Å². The summed E-state index contributed by atoms with van der Waals surface area (Å²) >= 11 is 0. The van der Waals surface area contributed by atoms with Crippen LogP contribution in [0.25, 0.3) is 0 Å². The molecule has 1 heterocycles. The van der Waals surface area contributed by atoms with E-state index in [1.807, 2.05) is 19.1 Å². The van der Waals surface area contributed by atoms with E-state index in [9.17, 15) is 8.42 Å². The van der Waals surface area contributed by atoms with Gasteiger partial charge in [0.15, 0.2) is 0 Å². The van der Waals surface area contributed by atoms with E-state index in [1.165, 1.54) is 17.5 Å². The van der Waals surface area contributed by atoms with Crippen LogP contribution in [-0.2, 0) is 10.0 Å². The SMILES string of the molecule is Cc1ccc(C)c(S(=O)(=O)N(C)c2cccnc2)c1. The van der Waals surface area contributed by atoms with Gasteiger partial charge in [-0.05, 0) is 43.2 Å².